The first kappa shape index (κ1) is 18.3. The summed E-state index contributed by atoms with van der Waals surface area (Å²) >= 11 is 1.35. The molecular formula is C12H19N3O4S. The van der Waals surface area contributed by atoms with Gasteiger partial charge in [0.15, 0.2) is 0 Å². The molecule has 0 saturated heterocycles. The molecule has 0 heterocycles. The van der Waals surface area contributed by atoms with E-state index in [1.165, 1.54) is 11.8 Å². The fraction of sp³-hybridized carbons (Fsp3) is 0.667. The van der Waals surface area contributed by atoms with E-state index in [0.29, 0.717) is 0 Å². The summed E-state index contributed by atoms with van der Waals surface area (Å²) in [5.74, 6) is -1.31. The Balaban J connectivity index is 4.64. The number of ketones is 1. The molecule has 0 fully saturated rings. The molecule has 112 valence electrons. The van der Waals surface area contributed by atoms with Crippen LogP contribution in [0.4, 0.5) is 0 Å². The minimum Gasteiger partial charge on any atom is -0.464 e. The van der Waals surface area contributed by atoms with Crippen LogP contribution >= 0.6 is 11.8 Å². The van der Waals surface area contributed by atoms with Crippen molar-refractivity contribution in [1.82, 2.24) is 5.32 Å². The summed E-state index contributed by atoms with van der Waals surface area (Å²) in [6.07, 6.45) is 2.61. The number of nitrogens with one attached hydrogen (secondary N) is 1. The predicted octanol–water partition coefficient (Wildman–Crippen LogP) is 0.436. The molecule has 0 spiro atoms. The van der Waals surface area contributed by atoms with E-state index in [1.807, 2.05) is 0 Å². The lowest BCUT2D eigenvalue weighted by molar-refractivity contribution is -0.147. The second-order valence-electron chi connectivity index (χ2n) is 3.94. The summed E-state index contributed by atoms with van der Waals surface area (Å²) in [6, 6.07) is -0.881. The molecule has 0 bridgehead atoms. The minimum atomic E-state index is -0.881. The molecule has 0 aliphatic rings. The molecule has 0 aromatic heterocycles. The maximum absolute atomic E-state index is 11.8. The molecule has 0 aromatic rings. The van der Waals surface area contributed by atoms with E-state index in [2.05, 4.69) is 10.1 Å². The zero-order valence-corrected chi connectivity index (χ0v) is 12.6. The summed E-state index contributed by atoms with van der Waals surface area (Å²) in [6.45, 7) is 3.56. The van der Waals surface area contributed by atoms with Crippen LogP contribution in [0, 0.1) is 0 Å². The summed E-state index contributed by atoms with van der Waals surface area (Å²) in [7, 11) is 0. The van der Waals surface area contributed by atoms with Crippen LogP contribution in [-0.2, 0) is 19.1 Å². The van der Waals surface area contributed by atoms with E-state index in [4.69, 9.17) is 10.3 Å². The Labute approximate surface area is 122 Å². The SMILES string of the molecule is CCOC(=O)[C@H](CCC(=O)C=[N+]=[N-])NC(=O)[C@H](C)SC. The molecular weight excluding hydrogens is 282 g/mol. The first-order valence-corrected chi connectivity index (χ1v) is 7.45. The number of rotatable bonds is 9. The number of hydrogen-bond acceptors (Lipinski definition) is 5. The molecule has 0 aliphatic carbocycles. The third kappa shape index (κ3) is 7.06. The smallest absolute Gasteiger partial charge is 0.328 e. The number of esters is 1. The summed E-state index contributed by atoms with van der Waals surface area (Å²) < 4.78 is 4.86. The maximum Gasteiger partial charge on any atom is 0.328 e. The Bertz CT molecular complexity index is 408. The number of carbonyl (C=O) groups excluding carboxylic acids is 3. The number of Topliss-reactive ketones (excluding diaryl/α,β-unsaturated/α-hetero) is 1. The molecule has 2 atom stereocenters. The number of carbonyl (C=O) groups is 3. The van der Waals surface area contributed by atoms with E-state index < -0.39 is 17.8 Å². The number of thioether (sulfide) groups is 1. The van der Waals surface area contributed by atoms with Gasteiger partial charge in [-0.05, 0) is 26.5 Å². The number of amides is 1. The van der Waals surface area contributed by atoms with E-state index in [-0.39, 0.29) is 30.6 Å². The fourth-order valence-corrected chi connectivity index (χ4v) is 1.59. The molecule has 0 aliphatic heterocycles. The summed E-state index contributed by atoms with van der Waals surface area (Å²) in [5.41, 5.74) is 8.23. The van der Waals surface area contributed by atoms with Gasteiger partial charge in [0.2, 0.25) is 11.7 Å². The van der Waals surface area contributed by atoms with Crippen LogP contribution in [0.1, 0.15) is 26.7 Å². The second-order valence-corrected chi connectivity index (χ2v) is 5.12. The van der Waals surface area contributed by atoms with Gasteiger partial charge in [0.05, 0.1) is 11.9 Å². The van der Waals surface area contributed by atoms with Gasteiger partial charge >= 0.3 is 12.2 Å². The van der Waals surface area contributed by atoms with Crippen LogP contribution in [0.5, 0.6) is 0 Å². The van der Waals surface area contributed by atoms with Gasteiger partial charge < -0.3 is 15.6 Å². The zero-order chi connectivity index (χ0) is 15.5. The van der Waals surface area contributed by atoms with Crippen LogP contribution in [0.15, 0.2) is 0 Å². The predicted molar refractivity (Wildman–Crippen MR) is 75.5 cm³/mol. The molecule has 8 heteroatoms. The van der Waals surface area contributed by atoms with Gasteiger partial charge in [-0.3, -0.25) is 9.59 Å². The van der Waals surface area contributed by atoms with Crippen molar-refractivity contribution < 1.29 is 23.9 Å². The number of ether oxygens (including phenoxy) is 1. The highest BCUT2D eigenvalue weighted by atomic mass is 32.2. The third-order valence-corrected chi connectivity index (χ3v) is 3.41. The van der Waals surface area contributed by atoms with E-state index in [1.54, 1.807) is 20.1 Å². The molecule has 0 rings (SSSR count). The molecule has 1 amide bonds. The first-order valence-electron chi connectivity index (χ1n) is 6.16. The topological polar surface area (TPSA) is 109 Å². The average molecular weight is 301 g/mol. The van der Waals surface area contributed by atoms with Crippen LogP contribution in [0.3, 0.4) is 0 Å². The van der Waals surface area contributed by atoms with Crippen molar-refractivity contribution in [3.8, 4) is 0 Å². The van der Waals surface area contributed by atoms with Crippen molar-refractivity contribution in [2.24, 2.45) is 0 Å². The van der Waals surface area contributed by atoms with Crippen molar-refractivity contribution in [3.05, 3.63) is 5.53 Å². The highest BCUT2D eigenvalue weighted by Crippen LogP contribution is 2.07. The van der Waals surface area contributed by atoms with E-state index in [0.717, 1.165) is 6.21 Å². The lowest BCUT2D eigenvalue weighted by Crippen LogP contribution is -2.45. The normalized spacial score (nSPS) is 12.8. The van der Waals surface area contributed by atoms with Crippen molar-refractivity contribution in [2.75, 3.05) is 12.9 Å². The fourth-order valence-electron chi connectivity index (χ4n) is 1.30. The maximum atomic E-state index is 11.8. The lowest BCUT2D eigenvalue weighted by Gasteiger charge is -2.18. The standard InChI is InChI=1S/C12H19N3O4S/c1-4-19-12(18)10(6-5-9(16)7-14-13)15-11(17)8(2)20-3/h7-8,10H,4-6H2,1-3H3,(H,15,17)/t8-,10-/m0/s1. The lowest BCUT2D eigenvalue weighted by atomic mass is 10.1. The first-order chi connectivity index (χ1) is 9.46. The summed E-state index contributed by atoms with van der Waals surface area (Å²) in [5, 5.41) is 2.25. The highest BCUT2D eigenvalue weighted by molar-refractivity contribution is 7.99. The number of nitrogens with zero attached hydrogens (tertiary/aromatic N) is 2. The Morgan fingerprint density at radius 2 is 2.10 bits per heavy atom. The van der Waals surface area contributed by atoms with Gasteiger partial charge in [-0.1, -0.05) is 0 Å². The van der Waals surface area contributed by atoms with Gasteiger partial charge in [-0.2, -0.15) is 16.6 Å². The molecule has 0 radical (unpaired) electrons. The Morgan fingerprint density at radius 1 is 1.45 bits per heavy atom. The highest BCUT2D eigenvalue weighted by Gasteiger charge is 2.25. The Hall–Kier alpha value is -1.66. The van der Waals surface area contributed by atoms with Crippen molar-refractivity contribution >= 4 is 35.6 Å². The van der Waals surface area contributed by atoms with E-state index >= 15 is 0 Å². The van der Waals surface area contributed by atoms with Crippen molar-refractivity contribution in [1.29, 1.82) is 0 Å². The minimum absolute atomic E-state index is 0.0263. The van der Waals surface area contributed by atoms with Gasteiger partial charge in [0.1, 0.15) is 6.04 Å². The molecule has 1 N–H and O–H groups in total. The monoisotopic (exact) mass is 301 g/mol. The van der Waals surface area contributed by atoms with Crippen molar-refractivity contribution in [2.45, 2.75) is 38.0 Å². The van der Waals surface area contributed by atoms with Gasteiger partial charge in [-0.15, -0.1) is 0 Å². The Kier molecular flexibility index (Phi) is 9.32. The largest absolute Gasteiger partial charge is 0.464 e. The third-order valence-electron chi connectivity index (χ3n) is 2.49. The van der Waals surface area contributed by atoms with Crippen LogP contribution < -0.4 is 5.32 Å². The summed E-state index contributed by atoms with van der Waals surface area (Å²) in [4.78, 5) is 37.3. The van der Waals surface area contributed by atoms with Gasteiger partial charge in [-0.25, -0.2) is 4.79 Å². The average Bonchev–Trinajstić information content (AvgIpc) is 2.42. The molecule has 0 saturated carbocycles. The van der Waals surface area contributed by atoms with Crippen LogP contribution in [0.2, 0.25) is 0 Å². The molecule has 7 nitrogen and oxygen atoms in total. The molecule has 0 unspecified atom stereocenters. The Morgan fingerprint density at radius 3 is 2.60 bits per heavy atom. The van der Waals surface area contributed by atoms with Gasteiger partial charge in [0.25, 0.3) is 0 Å². The second kappa shape index (κ2) is 10.2. The zero-order valence-electron chi connectivity index (χ0n) is 11.8. The van der Waals surface area contributed by atoms with Gasteiger partial charge in [0, 0.05) is 6.42 Å². The number of hydrogen-bond donors (Lipinski definition) is 1. The van der Waals surface area contributed by atoms with Crippen molar-refractivity contribution in [3.63, 3.8) is 0 Å². The quantitative estimate of drug-likeness (QED) is 0.287. The van der Waals surface area contributed by atoms with E-state index in [9.17, 15) is 14.4 Å². The van der Waals surface area contributed by atoms with Crippen LogP contribution in [0.25, 0.3) is 5.53 Å². The molecule has 0 aromatic carbocycles. The van der Waals surface area contributed by atoms with Crippen LogP contribution in [-0.4, -0.2) is 52.8 Å². The molecule has 20 heavy (non-hydrogen) atoms.